The zero-order valence-electron chi connectivity index (χ0n) is 23.9. The summed E-state index contributed by atoms with van der Waals surface area (Å²) in [6.45, 7) is -9.26. The Labute approximate surface area is 269 Å². The van der Waals surface area contributed by atoms with Crippen molar-refractivity contribution in [3.05, 3.63) is 35.0 Å². The van der Waals surface area contributed by atoms with Crippen molar-refractivity contribution in [2.75, 3.05) is 13.7 Å². The van der Waals surface area contributed by atoms with Crippen LogP contribution in [0.2, 0.25) is 0 Å². The molecule has 1 aliphatic carbocycles. The number of aliphatic imine (C=N–C) groups is 1. The molecule has 46 heavy (non-hydrogen) atoms. The monoisotopic (exact) mass is 720 g/mol. The van der Waals surface area contributed by atoms with Crippen molar-refractivity contribution in [3.63, 3.8) is 0 Å². The highest BCUT2D eigenvalue weighted by Gasteiger charge is 2.54. The van der Waals surface area contributed by atoms with Gasteiger partial charge in [0.05, 0.1) is 56.2 Å². The van der Waals surface area contributed by atoms with Gasteiger partial charge in [-0.3, -0.25) is 27.7 Å². The maximum absolute atomic E-state index is 16.1. The molecule has 7 rings (SSSR count). The number of carbonyl (C=O) groups is 1. The number of hydrogen-bond donors (Lipinski definition) is 3. The van der Waals surface area contributed by atoms with Crippen LogP contribution < -0.4 is 5.56 Å². The zero-order chi connectivity index (χ0) is 32.7. The van der Waals surface area contributed by atoms with Gasteiger partial charge < -0.3 is 33.3 Å². The zero-order valence-corrected chi connectivity index (χ0v) is 27.4. The van der Waals surface area contributed by atoms with E-state index >= 15 is 4.39 Å². The van der Waals surface area contributed by atoms with Crippen molar-refractivity contribution < 1.29 is 46.6 Å². The van der Waals surface area contributed by atoms with E-state index in [-0.39, 0.29) is 35.7 Å². The molecule has 2 bridgehead atoms. The molecule has 2 N–H and O–H groups in total. The highest BCUT2D eigenvalue weighted by molar-refractivity contribution is 8.44. The molecule has 3 aromatic heterocycles. The highest BCUT2D eigenvalue weighted by Crippen LogP contribution is 2.60. The number of aliphatic hydroxyl groups is 1. The molecule has 18 nitrogen and oxygen atoms in total. The molecule has 0 radical (unpaired) electrons. The summed E-state index contributed by atoms with van der Waals surface area (Å²) in [5.41, 5.74) is -0.119. The van der Waals surface area contributed by atoms with Gasteiger partial charge in [-0.1, -0.05) is 12.2 Å². The maximum Gasteiger partial charge on any atom is 0.386 e. The Bertz CT molecular complexity index is 1910. The lowest BCUT2D eigenvalue weighted by atomic mass is 10.1. The number of fused-ring (bicyclic) bond motifs is 5. The Morgan fingerprint density at radius 2 is 1.83 bits per heavy atom. The first-order valence-corrected chi connectivity index (χ1v) is 19.1. The van der Waals surface area contributed by atoms with Gasteiger partial charge in [-0.25, -0.2) is 28.9 Å². The topological polar surface area (TPSA) is 207 Å². The average Bonchev–Trinajstić information content (AvgIpc) is 3.72. The van der Waals surface area contributed by atoms with Gasteiger partial charge in [-0.05, 0) is 11.8 Å². The van der Waals surface area contributed by atoms with E-state index in [1.54, 1.807) is 7.05 Å². The van der Waals surface area contributed by atoms with Gasteiger partial charge in [0, 0.05) is 20.5 Å². The van der Waals surface area contributed by atoms with E-state index in [4.69, 9.17) is 34.6 Å². The molecule has 23 heteroatoms. The highest BCUT2D eigenvalue weighted by atomic mass is 32.7. The lowest BCUT2D eigenvalue weighted by molar-refractivity contribution is -0.125. The van der Waals surface area contributed by atoms with Crippen LogP contribution in [0.25, 0.3) is 11.2 Å². The summed E-state index contributed by atoms with van der Waals surface area (Å²) >= 11 is 9.37. The molecule has 1 saturated carbocycles. The Morgan fingerprint density at radius 1 is 1.07 bits per heavy atom. The van der Waals surface area contributed by atoms with Crippen LogP contribution in [0.5, 0.6) is 0 Å². The number of aliphatic hydroxyl groups excluding tert-OH is 1. The third-order valence-electron chi connectivity index (χ3n) is 8.20. The fourth-order valence-corrected chi connectivity index (χ4v) is 9.18. The minimum atomic E-state index is -4.32. The number of nitrogens with zero attached hydrogens (tertiary/aromatic N) is 8. The van der Waals surface area contributed by atoms with Crippen LogP contribution in [0, 0.1) is 0 Å². The fraction of sp³-hybridized carbons (Fsp3) is 0.565. The quantitative estimate of drug-likeness (QED) is 0.246. The van der Waals surface area contributed by atoms with E-state index in [1.807, 2.05) is 0 Å². The molecule has 3 aliphatic heterocycles. The minimum Gasteiger partial charge on any atom is -0.388 e. The minimum absolute atomic E-state index is 0.0288. The number of imidazole rings is 2. The van der Waals surface area contributed by atoms with Gasteiger partial charge in [0.25, 0.3) is 5.56 Å². The van der Waals surface area contributed by atoms with Crippen molar-refractivity contribution in [2.45, 2.75) is 61.8 Å². The maximum atomic E-state index is 16.1. The van der Waals surface area contributed by atoms with Crippen LogP contribution >= 0.6 is 25.8 Å². The Balaban J connectivity index is 1.20. The molecule has 4 aliphatic rings. The van der Waals surface area contributed by atoms with Gasteiger partial charge in [-0.2, -0.15) is 0 Å². The van der Waals surface area contributed by atoms with Gasteiger partial charge >= 0.3 is 13.5 Å². The third-order valence-corrected chi connectivity index (χ3v) is 11.4. The second-order valence-corrected chi connectivity index (χ2v) is 16.8. The molecule has 3 aromatic rings. The van der Waals surface area contributed by atoms with E-state index in [9.17, 15) is 24.2 Å². The standard InChI is InChI=1S/C23H27FN8O10P2S2/c1-29-6-27-20-10(3-14(29)33)25-8-31(20)11-4-12-17(34)18(11)41-43(36,45)38-5-13-19(42-44(37,46)40-12)15(24)23(39-13)32-9-26-16-21(32)28-7-30(2)22(16)35/h6-9,11-13,15,17-19,23,34H,3-5H2,1-2H3,(H,36,45)(H,37,46)/t11-,12+,13-,15-,17-,18+,19-,23-,43?,44?/m1/s1. The van der Waals surface area contributed by atoms with E-state index in [1.165, 1.54) is 51.0 Å². The summed E-state index contributed by atoms with van der Waals surface area (Å²) in [5, 5.41) is 11.3. The average molecular weight is 721 g/mol. The summed E-state index contributed by atoms with van der Waals surface area (Å²) in [5.74, 6) is 0.0394. The number of thiol groups is 1. The van der Waals surface area contributed by atoms with Gasteiger partial charge in [0.15, 0.2) is 29.4 Å². The number of hydrogen-bond acceptors (Lipinski definition) is 14. The molecular weight excluding hydrogens is 693 g/mol. The molecule has 0 spiro atoms. The summed E-state index contributed by atoms with van der Waals surface area (Å²) in [6, 6.07) is -0.865. The second kappa shape index (κ2) is 11.6. The molecule has 248 valence electrons. The normalized spacial score (nSPS) is 38.3. The molecule has 6 heterocycles. The molecular formula is C23H27FN8O10P2S2. The number of ether oxygens (including phenoxy) is 1. The van der Waals surface area contributed by atoms with Crippen molar-refractivity contribution in [2.24, 2.45) is 12.0 Å². The van der Waals surface area contributed by atoms with Gasteiger partial charge in [-0.15, -0.1) is 0 Å². The number of carbonyl (C=O) groups excluding carboxylic acids is 1. The first kappa shape index (κ1) is 32.1. The van der Waals surface area contributed by atoms with E-state index < -0.39 is 74.6 Å². The summed E-state index contributed by atoms with van der Waals surface area (Å²) in [6.07, 6.45) is -5.63. The number of aryl methyl sites for hydroxylation is 1. The molecule has 3 fully saturated rings. The van der Waals surface area contributed by atoms with Crippen LogP contribution in [0.3, 0.4) is 0 Å². The number of rotatable bonds is 2. The second-order valence-electron chi connectivity index (χ2n) is 11.2. The van der Waals surface area contributed by atoms with Crippen LogP contribution in [0.4, 0.5) is 10.2 Å². The van der Waals surface area contributed by atoms with Gasteiger partial charge in [0.2, 0.25) is 5.91 Å². The van der Waals surface area contributed by atoms with Crippen molar-refractivity contribution >= 4 is 66.8 Å². The predicted molar refractivity (Wildman–Crippen MR) is 162 cm³/mol. The predicted octanol–water partition coefficient (Wildman–Crippen LogP) is 0.683. The largest absolute Gasteiger partial charge is 0.388 e. The molecule has 10 atom stereocenters. The van der Waals surface area contributed by atoms with E-state index in [2.05, 4.69) is 32.2 Å². The Kier molecular flexibility index (Phi) is 8.12. The first-order valence-electron chi connectivity index (χ1n) is 13.8. The molecule has 1 amide bonds. The third kappa shape index (κ3) is 5.60. The lowest BCUT2D eigenvalue weighted by Gasteiger charge is -2.30. The summed E-state index contributed by atoms with van der Waals surface area (Å²) in [7, 11) is 3.03. The molecule has 2 saturated heterocycles. The fourth-order valence-electron chi connectivity index (χ4n) is 5.90. The number of aromatic nitrogens is 6. The van der Waals surface area contributed by atoms with E-state index in [0.29, 0.717) is 5.69 Å². The number of amides is 1. The molecule has 0 aromatic carbocycles. The van der Waals surface area contributed by atoms with Crippen molar-refractivity contribution in [1.29, 1.82) is 0 Å². The summed E-state index contributed by atoms with van der Waals surface area (Å²) < 4.78 is 62.2. The van der Waals surface area contributed by atoms with Crippen molar-refractivity contribution in [3.8, 4) is 0 Å². The smallest absolute Gasteiger partial charge is 0.386 e. The van der Waals surface area contributed by atoms with Crippen LogP contribution in [0.15, 0.2) is 28.8 Å². The lowest BCUT2D eigenvalue weighted by Crippen LogP contribution is -2.37. The summed E-state index contributed by atoms with van der Waals surface area (Å²) in [4.78, 5) is 54.1. The van der Waals surface area contributed by atoms with Crippen LogP contribution in [0.1, 0.15) is 24.4 Å². The van der Waals surface area contributed by atoms with Crippen LogP contribution in [-0.2, 0) is 57.5 Å². The first-order chi connectivity index (χ1) is 21.7. The molecule has 2 unspecified atom stereocenters. The van der Waals surface area contributed by atoms with Gasteiger partial charge in [0.1, 0.15) is 24.4 Å². The van der Waals surface area contributed by atoms with Crippen LogP contribution in [-0.4, -0.2) is 106 Å². The number of alkyl halides is 1. The Morgan fingerprint density at radius 3 is 2.61 bits per heavy atom. The number of halogens is 1. The van der Waals surface area contributed by atoms with Crippen molar-refractivity contribution in [1.82, 2.24) is 33.6 Å². The Hall–Kier alpha value is -2.42. The SMILES string of the molecule is CN1C=Nc2c(ncn2[C@@H]2C[C@@H]3OP(O)(=S)O[C@H]4[C@@H](F)[C@H](n5cnc6c(=O)n(C)cnc65)O[C@@H]4COP(=O)(S)O[C@@H]2[C@@H]3O)CC1=O. The number of likely N-dealkylation sites (N-methyl/N-ethyl adjacent to an activating group) is 1. The van der Waals surface area contributed by atoms with E-state index in [0.717, 1.165) is 0 Å².